The number of carbonyl (C=O) groups excluding carboxylic acids is 1. The van der Waals surface area contributed by atoms with E-state index in [9.17, 15) is 4.79 Å². The third kappa shape index (κ3) is 5.58. The van der Waals surface area contributed by atoms with Crippen molar-refractivity contribution < 1.29 is 4.79 Å². The Hall–Kier alpha value is -1.85. The highest BCUT2D eigenvalue weighted by molar-refractivity contribution is 7.99. The van der Waals surface area contributed by atoms with Crippen molar-refractivity contribution >= 4 is 34.7 Å². The van der Waals surface area contributed by atoms with Crippen LogP contribution >= 0.6 is 23.1 Å². The van der Waals surface area contributed by atoms with Gasteiger partial charge >= 0.3 is 0 Å². The molecule has 0 saturated carbocycles. The van der Waals surface area contributed by atoms with Crippen LogP contribution in [0.1, 0.15) is 4.88 Å². The molecule has 1 aliphatic heterocycles. The lowest BCUT2D eigenvalue weighted by Crippen LogP contribution is -2.48. The van der Waals surface area contributed by atoms with Crippen molar-refractivity contribution in [3.05, 3.63) is 46.7 Å². The zero-order valence-electron chi connectivity index (χ0n) is 14.6. The lowest BCUT2D eigenvalue weighted by Gasteiger charge is -2.34. The lowest BCUT2D eigenvalue weighted by molar-refractivity contribution is -0.117. The summed E-state index contributed by atoms with van der Waals surface area (Å²) in [6.45, 7) is 5.19. The molecule has 136 valence electrons. The van der Waals surface area contributed by atoms with Crippen molar-refractivity contribution in [1.29, 1.82) is 5.26 Å². The van der Waals surface area contributed by atoms with Crippen LogP contribution in [0.5, 0.6) is 0 Å². The number of piperazine rings is 1. The van der Waals surface area contributed by atoms with Gasteiger partial charge in [0, 0.05) is 42.5 Å². The molecule has 1 amide bonds. The van der Waals surface area contributed by atoms with Crippen molar-refractivity contribution in [2.24, 2.45) is 0 Å². The van der Waals surface area contributed by atoms with Gasteiger partial charge in [-0.3, -0.25) is 14.6 Å². The van der Waals surface area contributed by atoms with Gasteiger partial charge in [0.2, 0.25) is 5.91 Å². The number of benzene rings is 1. The van der Waals surface area contributed by atoms with E-state index in [4.69, 9.17) is 5.26 Å². The fraction of sp³-hybridized carbons (Fsp3) is 0.368. The smallest absolute Gasteiger partial charge is 0.238 e. The van der Waals surface area contributed by atoms with E-state index >= 15 is 0 Å². The van der Waals surface area contributed by atoms with Crippen LogP contribution in [0.3, 0.4) is 0 Å². The van der Waals surface area contributed by atoms with Crippen LogP contribution in [0.2, 0.25) is 0 Å². The minimum absolute atomic E-state index is 0.00159. The summed E-state index contributed by atoms with van der Waals surface area (Å²) in [6, 6.07) is 14.0. The normalized spacial score (nSPS) is 15.5. The molecular weight excluding hydrogens is 364 g/mol. The highest BCUT2D eigenvalue weighted by Crippen LogP contribution is 2.26. The first-order valence-corrected chi connectivity index (χ1v) is 10.5. The van der Waals surface area contributed by atoms with Gasteiger partial charge in [-0.25, -0.2) is 0 Å². The molecule has 26 heavy (non-hydrogen) atoms. The number of nitrogens with zero attached hydrogens (tertiary/aromatic N) is 3. The van der Waals surface area contributed by atoms with Gasteiger partial charge in [0.1, 0.15) is 0 Å². The highest BCUT2D eigenvalue weighted by atomic mass is 32.2. The summed E-state index contributed by atoms with van der Waals surface area (Å²) in [7, 11) is 0. The molecule has 2 aromatic rings. The van der Waals surface area contributed by atoms with E-state index < -0.39 is 0 Å². The average Bonchev–Trinajstić information content (AvgIpc) is 3.16. The first-order valence-electron chi connectivity index (χ1n) is 8.60. The predicted octanol–water partition coefficient (Wildman–Crippen LogP) is 3.12. The summed E-state index contributed by atoms with van der Waals surface area (Å²) in [5.74, 6) is 0.376. The van der Waals surface area contributed by atoms with Crippen LogP contribution in [-0.2, 0) is 11.3 Å². The second kappa shape index (κ2) is 9.74. The number of thioether (sulfide) groups is 1. The molecule has 5 nitrogen and oxygen atoms in total. The molecule has 1 N–H and O–H groups in total. The van der Waals surface area contributed by atoms with E-state index in [0.29, 0.717) is 12.3 Å². The third-order valence-corrected chi connectivity index (χ3v) is 6.05. The minimum Gasteiger partial charge on any atom is -0.324 e. The van der Waals surface area contributed by atoms with Crippen molar-refractivity contribution in [3.63, 3.8) is 0 Å². The predicted molar refractivity (Wildman–Crippen MR) is 107 cm³/mol. The van der Waals surface area contributed by atoms with Gasteiger partial charge in [0.15, 0.2) is 0 Å². The summed E-state index contributed by atoms with van der Waals surface area (Å²) < 4.78 is 0. The molecule has 0 bridgehead atoms. The largest absolute Gasteiger partial charge is 0.324 e. The van der Waals surface area contributed by atoms with E-state index in [1.165, 1.54) is 16.6 Å². The van der Waals surface area contributed by atoms with Crippen LogP contribution in [0.15, 0.2) is 46.7 Å². The molecule has 0 atom stereocenters. The van der Waals surface area contributed by atoms with E-state index in [-0.39, 0.29) is 5.91 Å². The van der Waals surface area contributed by atoms with Gasteiger partial charge in [-0.15, -0.1) is 23.1 Å². The number of hydrogen-bond donors (Lipinski definition) is 1. The van der Waals surface area contributed by atoms with E-state index in [1.54, 1.807) is 11.3 Å². The Morgan fingerprint density at radius 2 is 1.92 bits per heavy atom. The lowest BCUT2D eigenvalue weighted by atomic mass is 10.3. The number of anilines is 1. The Kier molecular flexibility index (Phi) is 7.09. The van der Waals surface area contributed by atoms with E-state index in [0.717, 1.165) is 43.3 Å². The number of thiophene rings is 1. The molecule has 0 radical (unpaired) electrons. The van der Waals surface area contributed by atoms with Crippen LogP contribution in [0.4, 0.5) is 5.69 Å². The molecule has 1 aromatic heterocycles. The fourth-order valence-electron chi connectivity index (χ4n) is 2.93. The molecule has 3 rings (SSSR count). The summed E-state index contributed by atoms with van der Waals surface area (Å²) in [5, 5.41) is 13.9. The number of amides is 1. The molecule has 1 aromatic carbocycles. The molecule has 1 aliphatic rings. The number of nitrogens with one attached hydrogen (secondary N) is 1. The maximum atomic E-state index is 12.4. The molecule has 0 aliphatic carbocycles. The van der Waals surface area contributed by atoms with Gasteiger partial charge in [0.25, 0.3) is 0 Å². The molecule has 0 spiro atoms. The van der Waals surface area contributed by atoms with Gasteiger partial charge < -0.3 is 5.32 Å². The quantitative estimate of drug-likeness (QED) is 0.741. The van der Waals surface area contributed by atoms with Gasteiger partial charge in [-0.05, 0) is 23.6 Å². The van der Waals surface area contributed by atoms with Crippen LogP contribution in [0, 0.1) is 11.3 Å². The molecule has 0 unspecified atom stereocenters. The van der Waals surface area contributed by atoms with Crippen molar-refractivity contribution in [1.82, 2.24) is 9.80 Å². The highest BCUT2D eigenvalue weighted by Gasteiger charge is 2.19. The second-order valence-electron chi connectivity index (χ2n) is 6.12. The molecule has 7 heteroatoms. The van der Waals surface area contributed by atoms with Gasteiger partial charge in [-0.1, -0.05) is 18.2 Å². The minimum atomic E-state index is 0.00159. The first-order chi connectivity index (χ1) is 12.7. The average molecular weight is 387 g/mol. The number of rotatable bonds is 7. The number of nitriles is 1. The summed E-state index contributed by atoms with van der Waals surface area (Å²) in [6.07, 6.45) is 0. The molecule has 1 fully saturated rings. The Bertz CT molecular complexity index is 749. The van der Waals surface area contributed by atoms with Crippen molar-refractivity contribution in [2.45, 2.75) is 11.4 Å². The maximum Gasteiger partial charge on any atom is 0.238 e. The Balaban J connectivity index is 1.45. The van der Waals surface area contributed by atoms with Crippen molar-refractivity contribution in [3.8, 4) is 6.07 Å². The third-order valence-electron chi connectivity index (χ3n) is 4.25. The molecule has 2 heterocycles. The standard InChI is InChI=1S/C19H22N4OS2/c20-7-13-26-18-6-2-1-5-17(18)21-19(24)15-23-10-8-22(9-11-23)14-16-4-3-12-25-16/h1-6,12H,8-11,13-15H2,(H,21,24). The van der Waals surface area contributed by atoms with Gasteiger partial charge in [-0.2, -0.15) is 5.26 Å². The SMILES string of the molecule is N#CCSc1ccccc1NC(=O)CN1CCN(Cc2cccs2)CC1. The van der Waals surface area contributed by atoms with Gasteiger partial charge in [0.05, 0.1) is 24.1 Å². The summed E-state index contributed by atoms with van der Waals surface area (Å²) >= 11 is 3.24. The molecular formula is C19H22N4OS2. The number of carbonyl (C=O) groups is 1. The van der Waals surface area contributed by atoms with Crippen LogP contribution in [0.25, 0.3) is 0 Å². The number of hydrogen-bond acceptors (Lipinski definition) is 6. The van der Waals surface area contributed by atoms with Crippen LogP contribution in [-0.4, -0.2) is 54.2 Å². The first kappa shape index (κ1) is 18.9. The van der Waals surface area contributed by atoms with E-state index in [2.05, 4.69) is 38.7 Å². The Morgan fingerprint density at radius 1 is 1.15 bits per heavy atom. The number of para-hydroxylation sites is 1. The second-order valence-corrected chi connectivity index (χ2v) is 8.17. The summed E-state index contributed by atoms with van der Waals surface area (Å²) in [4.78, 5) is 19.4. The monoisotopic (exact) mass is 386 g/mol. The summed E-state index contributed by atoms with van der Waals surface area (Å²) in [5.41, 5.74) is 0.786. The Morgan fingerprint density at radius 3 is 2.65 bits per heavy atom. The van der Waals surface area contributed by atoms with E-state index in [1.807, 2.05) is 24.3 Å². The fourth-order valence-corrected chi connectivity index (χ4v) is 4.34. The van der Waals surface area contributed by atoms with Crippen molar-refractivity contribution in [2.75, 3.05) is 43.8 Å². The zero-order chi connectivity index (χ0) is 18.2. The zero-order valence-corrected chi connectivity index (χ0v) is 16.2. The van der Waals surface area contributed by atoms with Crippen LogP contribution < -0.4 is 5.32 Å². The Labute approximate surface area is 162 Å². The topological polar surface area (TPSA) is 59.4 Å². The maximum absolute atomic E-state index is 12.4. The molecule has 1 saturated heterocycles.